The third kappa shape index (κ3) is 5.81. The minimum absolute atomic E-state index is 0.187. The van der Waals surface area contributed by atoms with Gasteiger partial charge in [0.2, 0.25) is 0 Å². The molecular weight excluding hydrogens is 324 g/mol. The van der Waals surface area contributed by atoms with Crippen LogP contribution in [0, 0.1) is 6.92 Å². The van der Waals surface area contributed by atoms with Crippen LogP contribution in [0.4, 0.5) is 5.82 Å². The van der Waals surface area contributed by atoms with Crippen LogP contribution < -0.4 is 10.6 Å². The molecule has 1 aromatic carbocycles. The molecule has 1 amide bonds. The molecule has 0 aliphatic heterocycles. The first-order chi connectivity index (χ1) is 11.6. The Hall–Kier alpha value is -2.14. The molecule has 1 heterocycles. The van der Waals surface area contributed by atoms with E-state index < -0.39 is 0 Å². The van der Waals surface area contributed by atoms with E-state index in [4.69, 9.17) is 11.6 Å². The Bertz CT molecular complexity index is 673. The van der Waals surface area contributed by atoms with Gasteiger partial charge in [-0.1, -0.05) is 37.1 Å². The number of aromatic nitrogens is 2. The highest BCUT2D eigenvalue weighted by molar-refractivity contribution is 6.30. The van der Waals surface area contributed by atoms with Crippen molar-refractivity contribution in [3.8, 4) is 0 Å². The lowest BCUT2D eigenvalue weighted by Gasteiger charge is -2.09. The van der Waals surface area contributed by atoms with Crippen LogP contribution >= 0.6 is 11.6 Å². The molecule has 1 aromatic heterocycles. The molecule has 6 heteroatoms. The zero-order chi connectivity index (χ0) is 17.4. The Morgan fingerprint density at radius 1 is 1.17 bits per heavy atom. The van der Waals surface area contributed by atoms with Crippen molar-refractivity contribution < 1.29 is 4.79 Å². The Balaban J connectivity index is 1.90. The van der Waals surface area contributed by atoms with Crippen molar-refractivity contribution in [2.24, 2.45) is 0 Å². The van der Waals surface area contributed by atoms with Gasteiger partial charge in [-0.25, -0.2) is 9.97 Å². The second kappa shape index (κ2) is 9.23. The van der Waals surface area contributed by atoms with Crippen molar-refractivity contribution in [1.29, 1.82) is 0 Å². The van der Waals surface area contributed by atoms with Gasteiger partial charge in [0.15, 0.2) is 0 Å². The summed E-state index contributed by atoms with van der Waals surface area (Å²) in [6.45, 7) is 5.30. The molecule has 2 N–H and O–H groups in total. The number of anilines is 1. The van der Waals surface area contributed by atoms with Crippen LogP contribution in [0.25, 0.3) is 0 Å². The third-order valence-corrected chi connectivity index (χ3v) is 3.77. The molecule has 2 aromatic rings. The van der Waals surface area contributed by atoms with Crippen LogP contribution in [0.5, 0.6) is 0 Å². The number of benzene rings is 1. The summed E-state index contributed by atoms with van der Waals surface area (Å²) < 4.78 is 0. The zero-order valence-electron chi connectivity index (χ0n) is 14.1. The van der Waals surface area contributed by atoms with Crippen LogP contribution in [0.3, 0.4) is 0 Å². The van der Waals surface area contributed by atoms with Crippen molar-refractivity contribution in [2.75, 3.05) is 18.4 Å². The predicted octanol–water partition coefficient (Wildman–Crippen LogP) is 3.62. The van der Waals surface area contributed by atoms with E-state index in [9.17, 15) is 4.79 Å². The first-order valence-corrected chi connectivity index (χ1v) is 8.58. The highest BCUT2D eigenvalue weighted by atomic mass is 35.5. The molecule has 0 bridgehead atoms. The topological polar surface area (TPSA) is 66.9 Å². The maximum Gasteiger partial charge on any atom is 0.270 e. The molecule has 0 aliphatic carbocycles. The number of nitrogens with zero attached hydrogens (tertiary/aromatic N) is 2. The molecule has 0 aliphatic rings. The van der Waals surface area contributed by atoms with Crippen LogP contribution in [0.1, 0.15) is 41.6 Å². The maximum atomic E-state index is 12.3. The van der Waals surface area contributed by atoms with Gasteiger partial charge in [0.05, 0.1) is 0 Å². The zero-order valence-corrected chi connectivity index (χ0v) is 14.9. The number of hydrogen-bond acceptors (Lipinski definition) is 4. The van der Waals surface area contributed by atoms with E-state index in [1.54, 1.807) is 13.0 Å². The number of aryl methyl sites for hydroxylation is 1. The molecule has 24 heavy (non-hydrogen) atoms. The number of amides is 1. The molecule has 0 atom stereocenters. The highest BCUT2D eigenvalue weighted by Gasteiger charge is 2.10. The summed E-state index contributed by atoms with van der Waals surface area (Å²) in [4.78, 5) is 20.8. The Kier molecular flexibility index (Phi) is 7.00. The summed E-state index contributed by atoms with van der Waals surface area (Å²) in [7, 11) is 0. The van der Waals surface area contributed by atoms with Crippen LogP contribution in [0.15, 0.2) is 30.3 Å². The Labute approximate surface area is 147 Å². The number of halogens is 1. The lowest BCUT2D eigenvalue weighted by atomic mass is 10.1. The normalized spacial score (nSPS) is 10.5. The van der Waals surface area contributed by atoms with E-state index >= 15 is 0 Å². The molecule has 0 radical (unpaired) electrons. The van der Waals surface area contributed by atoms with E-state index in [0.717, 1.165) is 31.4 Å². The van der Waals surface area contributed by atoms with Gasteiger partial charge in [0.25, 0.3) is 5.91 Å². The lowest BCUT2D eigenvalue weighted by Crippen LogP contribution is -2.27. The SMILES string of the molecule is CCCCNc1cc(C(=O)NCCc2ccc(Cl)cc2)nc(C)n1. The van der Waals surface area contributed by atoms with Gasteiger partial charge in [0, 0.05) is 24.2 Å². The average Bonchev–Trinajstić information content (AvgIpc) is 2.56. The van der Waals surface area contributed by atoms with Crippen molar-refractivity contribution in [2.45, 2.75) is 33.1 Å². The largest absolute Gasteiger partial charge is 0.370 e. The van der Waals surface area contributed by atoms with Crippen molar-refractivity contribution in [3.05, 3.63) is 52.4 Å². The summed E-state index contributed by atoms with van der Waals surface area (Å²) in [6, 6.07) is 9.31. The molecule has 128 valence electrons. The Morgan fingerprint density at radius 2 is 1.92 bits per heavy atom. The summed E-state index contributed by atoms with van der Waals surface area (Å²) in [5.74, 6) is 1.09. The first kappa shape index (κ1) is 18.2. The van der Waals surface area contributed by atoms with Crippen molar-refractivity contribution in [3.63, 3.8) is 0 Å². The summed E-state index contributed by atoms with van der Waals surface area (Å²) in [5, 5.41) is 6.83. The summed E-state index contributed by atoms with van der Waals surface area (Å²) >= 11 is 5.86. The number of unbranched alkanes of at least 4 members (excludes halogenated alkanes) is 1. The fraction of sp³-hybridized carbons (Fsp3) is 0.389. The molecular formula is C18H23ClN4O. The fourth-order valence-corrected chi connectivity index (χ4v) is 2.36. The smallest absolute Gasteiger partial charge is 0.270 e. The monoisotopic (exact) mass is 346 g/mol. The first-order valence-electron chi connectivity index (χ1n) is 8.20. The summed E-state index contributed by atoms with van der Waals surface area (Å²) in [5.41, 5.74) is 1.51. The molecule has 0 fully saturated rings. The van der Waals surface area contributed by atoms with Gasteiger partial charge in [-0.3, -0.25) is 4.79 Å². The van der Waals surface area contributed by atoms with E-state index in [1.165, 1.54) is 0 Å². The minimum Gasteiger partial charge on any atom is -0.370 e. The minimum atomic E-state index is -0.187. The second-order valence-electron chi connectivity index (χ2n) is 5.60. The number of carbonyl (C=O) groups excluding carboxylic acids is 1. The standard InChI is InChI=1S/C18H23ClN4O/c1-3-4-10-20-17-12-16(22-13(2)23-17)18(24)21-11-9-14-5-7-15(19)8-6-14/h5-8,12H,3-4,9-11H2,1-2H3,(H,21,24)(H,20,22,23). The number of nitrogens with one attached hydrogen (secondary N) is 2. The van der Waals surface area contributed by atoms with Gasteiger partial charge in [0.1, 0.15) is 17.3 Å². The van der Waals surface area contributed by atoms with E-state index in [0.29, 0.717) is 28.9 Å². The van der Waals surface area contributed by atoms with Crippen LogP contribution in [-0.2, 0) is 6.42 Å². The predicted molar refractivity (Wildman–Crippen MR) is 97.7 cm³/mol. The number of rotatable bonds is 8. The molecule has 5 nitrogen and oxygen atoms in total. The van der Waals surface area contributed by atoms with Gasteiger partial charge in [-0.05, 0) is 37.5 Å². The highest BCUT2D eigenvalue weighted by Crippen LogP contribution is 2.10. The van der Waals surface area contributed by atoms with E-state index in [1.807, 2.05) is 24.3 Å². The quantitative estimate of drug-likeness (QED) is 0.716. The number of hydrogen-bond donors (Lipinski definition) is 2. The van der Waals surface area contributed by atoms with E-state index in [2.05, 4.69) is 27.5 Å². The maximum absolute atomic E-state index is 12.3. The number of carbonyl (C=O) groups is 1. The van der Waals surface area contributed by atoms with Gasteiger partial charge in [-0.15, -0.1) is 0 Å². The fourth-order valence-electron chi connectivity index (χ4n) is 2.23. The summed E-state index contributed by atoms with van der Waals surface area (Å²) in [6.07, 6.45) is 2.91. The molecule has 2 rings (SSSR count). The molecule has 0 unspecified atom stereocenters. The van der Waals surface area contributed by atoms with Crippen molar-refractivity contribution >= 4 is 23.3 Å². The van der Waals surface area contributed by atoms with E-state index in [-0.39, 0.29) is 5.91 Å². The lowest BCUT2D eigenvalue weighted by molar-refractivity contribution is 0.0949. The Morgan fingerprint density at radius 3 is 2.62 bits per heavy atom. The average molecular weight is 347 g/mol. The van der Waals surface area contributed by atoms with Gasteiger partial charge < -0.3 is 10.6 Å². The molecule has 0 saturated heterocycles. The van der Waals surface area contributed by atoms with Gasteiger partial charge >= 0.3 is 0 Å². The van der Waals surface area contributed by atoms with Crippen LogP contribution in [0.2, 0.25) is 5.02 Å². The second-order valence-corrected chi connectivity index (χ2v) is 6.03. The van der Waals surface area contributed by atoms with Crippen molar-refractivity contribution in [1.82, 2.24) is 15.3 Å². The third-order valence-electron chi connectivity index (χ3n) is 3.52. The van der Waals surface area contributed by atoms with Gasteiger partial charge in [-0.2, -0.15) is 0 Å². The molecule has 0 saturated carbocycles. The molecule has 0 spiro atoms. The van der Waals surface area contributed by atoms with Crippen LogP contribution in [-0.4, -0.2) is 29.0 Å².